The number of benzene rings is 1. The van der Waals surface area contributed by atoms with E-state index in [4.69, 9.17) is 17.2 Å². The number of unbranched alkanes of at least 4 members (excludes halogenated alkanes) is 2. The van der Waals surface area contributed by atoms with E-state index in [-0.39, 0.29) is 57.4 Å². The number of carboxylic acid groups (broad SMARTS) is 1. The summed E-state index contributed by atoms with van der Waals surface area (Å²) in [7, 11) is 0. The second-order valence-electron chi connectivity index (χ2n) is 18.5. The summed E-state index contributed by atoms with van der Waals surface area (Å²) in [4.78, 5) is 125. The van der Waals surface area contributed by atoms with Crippen LogP contribution in [-0.2, 0) is 49.6 Å². The Hall–Kier alpha value is -5.99. The lowest BCUT2D eigenvalue weighted by atomic mass is 10.0. The average Bonchev–Trinajstić information content (AvgIpc) is 4.12. The number of nitrogens with two attached hydrogens (primary N) is 3. The molecule has 396 valence electrons. The van der Waals surface area contributed by atoms with Crippen LogP contribution in [0.2, 0.25) is 0 Å². The zero-order valence-electron chi connectivity index (χ0n) is 40.4. The number of carbonyl (C=O) groups is 9. The number of aliphatic hydroxyl groups excluding tert-OH is 3. The summed E-state index contributed by atoms with van der Waals surface area (Å²) >= 11 is 0. The van der Waals surface area contributed by atoms with Crippen molar-refractivity contribution in [3.8, 4) is 5.75 Å². The van der Waals surface area contributed by atoms with Crippen LogP contribution >= 0.6 is 0 Å². The van der Waals surface area contributed by atoms with Crippen LogP contribution in [0.5, 0.6) is 5.75 Å². The minimum atomic E-state index is -1.77. The lowest BCUT2D eigenvalue weighted by Gasteiger charge is -2.32. The number of nitrogens with one attached hydrogen (secondary N) is 5. The molecule has 4 rings (SSSR count). The maximum absolute atomic E-state index is 14.4. The van der Waals surface area contributed by atoms with Crippen molar-refractivity contribution in [3.63, 3.8) is 0 Å². The highest BCUT2D eigenvalue weighted by Gasteiger charge is 2.45. The number of carboxylic acids is 1. The van der Waals surface area contributed by atoms with Crippen LogP contribution in [0.25, 0.3) is 0 Å². The first-order chi connectivity index (χ1) is 33.7. The SMILES string of the molecule is C[C@H](N)C(=O)N[C@@H](CCCCN)C(=O)N1CCC[C@H]1C(=O)N[C@@H](CO)C(=O)N1C[C@H](O)C[C@H]1C(=O)N[C@H](C(=O)N[C@@H](Cc1ccc(O)cc1)C(=O)N1CCC[C@H]1C(=O)N[C@@H](CCCCN)C(=O)O)[C@@H](C)O. The predicted molar refractivity (Wildman–Crippen MR) is 253 cm³/mol. The van der Waals surface area contributed by atoms with E-state index in [0.29, 0.717) is 57.2 Å². The standard InChI is InChI=1S/C46H73N11O14/c1-25(49)38(62)50-30(9-3-5-17-47)43(67)55-19-7-12-35(55)40(64)53-33(24-58)45(69)57-23-29(61)22-36(57)41(65)54-37(26(2)59)42(66)52-32(21-27-13-15-28(60)16-14-27)44(68)56-20-8-11-34(56)39(63)51-31(46(70)71)10-4-6-18-48/h13-16,25-26,29-37,58-61H,3-12,17-24,47-49H2,1-2H3,(H,50,62)(H,51,63)(H,52,66)(H,53,64)(H,54,65)(H,70,71)/t25-,26+,29+,30-,31-,32-,33-,34-,35-,36-,37-/m0/s1. The summed E-state index contributed by atoms with van der Waals surface area (Å²) < 4.78 is 0. The number of amides is 8. The molecule has 8 amide bonds. The summed E-state index contributed by atoms with van der Waals surface area (Å²) in [6, 6.07) is -6.01. The van der Waals surface area contributed by atoms with E-state index in [2.05, 4.69) is 26.6 Å². The first kappa shape index (κ1) is 57.6. The molecule has 3 fully saturated rings. The van der Waals surface area contributed by atoms with Crippen molar-refractivity contribution in [1.29, 1.82) is 0 Å². The second-order valence-corrected chi connectivity index (χ2v) is 18.5. The molecule has 0 unspecified atom stereocenters. The molecule has 0 radical (unpaired) electrons. The molecule has 3 heterocycles. The highest BCUT2D eigenvalue weighted by atomic mass is 16.4. The maximum Gasteiger partial charge on any atom is 0.326 e. The first-order valence-electron chi connectivity index (χ1n) is 24.3. The van der Waals surface area contributed by atoms with E-state index in [9.17, 15) is 68.7 Å². The number of aliphatic carboxylic acids is 1. The zero-order valence-corrected chi connectivity index (χ0v) is 40.4. The van der Waals surface area contributed by atoms with Crippen molar-refractivity contribution < 1.29 is 68.7 Å². The molecule has 0 bridgehead atoms. The molecular formula is C46H73N11O14. The van der Waals surface area contributed by atoms with Gasteiger partial charge in [0, 0.05) is 32.5 Å². The van der Waals surface area contributed by atoms with Crippen molar-refractivity contribution in [2.75, 3.05) is 39.3 Å². The van der Waals surface area contributed by atoms with Crippen LogP contribution in [-0.4, -0.2) is 199 Å². The number of hydrogen-bond acceptors (Lipinski definition) is 16. The molecule has 0 aliphatic carbocycles. The number of carbonyl (C=O) groups excluding carboxylic acids is 8. The highest BCUT2D eigenvalue weighted by Crippen LogP contribution is 2.24. The van der Waals surface area contributed by atoms with E-state index < -0.39 is 133 Å². The fourth-order valence-corrected chi connectivity index (χ4v) is 9.02. The Morgan fingerprint density at radius 3 is 1.66 bits per heavy atom. The summed E-state index contributed by atoms with van der Waals surface area (Å²) in [6.45, 7) is 2.17. The minimum absolute atomic E-state index is 0.0743. The number of likely N-dealkylation sites (tertiary alicyclic amines) is 3. The number of phenols is 1. The predicted octanol–water partition coefficient (Wildman–Crippen LogP) is -4.63. The molecule has 25 nitrogen and oxygen atoms in total. The first-order valence-corrected chi connectivity index (χ1v) is 24.3. The van der Waals surface area contributed by atoms with Crippen molar-refractivity contribution in [3.05, 3.63) is 29.8 Å². The Labute approximate surface area is 411 Å². The van der Waals surface area contributed by atoms with Gasteiger partial charge in [0.05, 0.1) is 24.9 Å². The van der Waals surface area contributed by atoms with Crippen LogP contribution in [0.4, 0.5) is 0 Å². The van der Waals surface area contributed by atoms with Gasteiger partial charge in [0.15, 0.2) is 0 Å². The number of aromatic hydroxyl groups is 1. The van der Waals surface area contributed by atoms with Crippen LogP contribution in [0, 0.1) is 0 Å². The third kappa shape index (κ3) is 16.0. The average molecular weight is 1000 g/mol. The zero-order chi connectivity index (χ0) is 52.5. The fraction of sp³-hybridized carbons (Fsp3) is 0.674. The second kappa shape index (κ2) is 27.6. The number of aliphatic hydroxyl groups is 3. The monoisotopic (exact) mass is 1000 g/mol. The van der Waals surface area contributed by atoms with Gasteiger partial charge in [-0.2, -0.15) is 0 Å². The molecule has 25 heteroatoms. The van der Waals surface area contributed by atoms with Crippen LogP contribution in [0.3, 0.4) is 0 Å². The quantitative estimate of drug-likeness (QED) is 0.0388. The van der Waals surface area contributed by atoms with E-state index >= 15 is 0 Å². The molecule has 0 saturated carbocycles. The van der Waals surface area contributed by atoms with Gasteiger partial charge in [0.2, 0.25) is 47.3 Å². The smallest absolute Gasteiger partial charge is 0.326 e. The minimum Gasteiger partial charge on any atom is -0.508 e. The van der Waals surface area contributed by atoms with E-state index in [0.717, 1.165) is 4.90 Å². The van der Waals surface area contributed by atoms with E-state index in [1.54, 1.807) is 0 Å². The van der Waals surface area contributed by atoms with Gasteiger partial charge in [0.1, 0.15) is 54.1 Å². The van der Waals surface area contributed by atoms with Gasteiger partial charge in [-0.25, -0.2) is 4.79 Å². The lowest BCUT2D eigenvalue weighted by Crippen LogP contribution is -2.62. The Morgan fingerprint density at radius 1 is 0.662 bits per heavy atom. The molecule has 3 aliphatic rings. The summed E-state index contributed by atoms with van der Waals surface area (Å²) in [5.74, 6) is -7.75. The summed E-state index contributed by atoms with van der Waals surface area (Å²) in [5.41, 5.74) is 17.4. The van der Waals surface area contributed by atoms with Crippen LogP contribution in [0.1, 0.15) is 90.0 Å². The largest absolute Gasteiger partial charge is 0.508 e. The number of rotatable bonds is 26. The molecule has 1 aromatic rings. The van der Waals surface area contributed by atoms with Crippen LogP contribution in [0.15, 0.2) is 24.3 Å². The molecular weight excluding hydrogens is 931 g/mol. The van der Waals surface area contributed by atoms with Gasteiger partial charge in [-0.15, -0.1) is 0 Å². The van der Waals surface area contributed by atoms with Crippen molar-refractivity contribution in [2.45, 2.75) is 157 Å². The van der Waals surface area contributed by atoms with Gasteiger partial charge in [-0.1, -0.05) is 12.1 Å². The molecule has 3 aliphatic heterocycles. The molecule has 71 heavy (non-hydrogen) atoms. The molecule has 1 aromatic carbocycles. The normalized spacial score (nSPS) is 21.8. The Bertz CT molecular complexity index is 2030. The molecule has 0 spiro atoms. The van der Waals surface area contributed by atoms with E-state index in [1.807, 2.05) is 0 Å². The Morgan fingerprint density at radius 2 is 1.15 bits per heavy atom. The number of phenolic OH excluding ortho intramolecular Hbond substituents is 1. The Balaban J connectivity index is 1.49. The van der Waals surface area contributed by atoms with Gasteiger partial charge in [-0.05, 0) is 109 Å². The van der Waals surface area contributed by atoms with Crippen molar-refractivity contribution in [1.82, 2.24) is 41.3 Å². The summed E-state index contributed by atoms with van der Waals surface area (Å²) in [6.07, 6.45) is 0.0825. The third-order valence-corrected chi connectivity index (χ3v) is 12.9. The lowest BCUT2D eigenvalue weighted by molar-refractivity contribution is -0.146. The molecule has 0 aromatic heterocycles. The Kier molecular flexibility index (Phi) is 22.4. The maximum atomic E-state index is 14.4. The molecule has 3 saturated heterocycles. The third-order valence-electron chi connectivity index (χ3n) is 12.9. The van der Waals surface area contributed by atoms with Gasteiger partial charge < -0.3 is 84.0 Å². The van der Waals surface area contributed by atoms with Gasteiger partial charge in [-0.3, -0.25) is 38.4 Å². The van der Waals surface area contributed by atoms with Crippen LogP contribution < -0.4 is 43.8 Å². The van der Waals surface area contributed by atoms with Gasteiger partial charge >= 0.3 is 5.97 Å². The number of hydrogen-bond donors (Lipinski definition) is 13. The summed E-state index contributed by atoms with van der Waals surface area (Å²) in [5, 5.41) is 64.2. The van der Waals surface area contributed by atoms with E-state index in [1.165, 1.54) is 47.9 Å². The highest BCUT2D eigenvalue weighted by molar-refractivity contribution is 5.99. The van der Waals surface area contributed by atoms with Crippen molar-refractivity contribution >= 4 is 53.2 Å². The molecule has 16 N–H and O–H groups in total. The fourth-order valence-electron chi connectivity index (χ4n) is 9.02. The van der Waals surface area contributed by atoms with Crippen molar-refractivity contribution in [2.24, 2.45) is 17.2 Å². The van der Waals surface area contributed by atoms with Gasteiger partial charge in [0.25, 0.3) is 0 Å². The number of nitrogens with zero attached hydrogens (tertiary/aromatic N) is 3. The number of β-amino-alcohol motifs (C(OH)–C–C–N with tert-alkyl or cyclic N) is 1. The topological polar surface area (TPSA) is 403 Å². The molecule has 11 atom stereocenters.